The van der Waals surface area contributed by atoms with Crippen LogP contribution >= 0.6 is 0 Å². The van der Waals surface area contributed by atoms with Gasteiger partial charge in [0.25, 0.3) is 11.5 Å². The van der Waals surface area contributed by atoms with Crippen LogP contribution in [0.1, 0.15) is 61.9 Å². The minimum atomic E-state index is -0.607. The summed E-state index contributed by atoms with van der Waals surface area (Å²) < 4.78 is 12.6. The standard InChI is InChI=1S/C32H33N5O6/c1-3-42-28-18-22(17-27(37(40)41)30(28)43-20-29(38)34-24-15-13-21(2)14-16-24)19-33-36-31(23-9-5-4-6-10-23)35-26-12-8-7-11-25(26)32(36)39/h7-8,11-19,23H,3-6,9-10,20H2,1-2H3,(H,34,38). The lowest BCUT2D eigenvalue weighted by atomic mass is 9.88. The van der Waals surface area contributed by atoms with Gasteiger partial charge in [-0.15, -0.1) is 0 Å². The predicted molar refractivity (Wildman–Crippen MR) is 164 cm³/mol. The lowest BCUT2D eigenvalue weighted by Crippen LogP contribution is -2.25. The van der Waals surface area contributed by atoms with E-state index in [4.69, 9.17) is 14.5 Å². The molecule has 3 aromatic carbocycles. The third kappa shape index (κ3) is 6.88. The van der Waals surface area contributed by atoms with Crippen LogP contribution in [-0.2, 0) is 4.79 Å². The normalized spacial score (nSPS) is 13.7. The van der Waals surface area contributed by atoms with Crippen molar-refractivity contribution in [3.8, 4) is 11.5 Å². The first-order valence-electron chi connectivity index (χ1n) is 14.3. The lowest BCUT2D eigenvalue weighted by Gasteiger charge is -2.22. The zero-order chi connectivity index (χ0) is 30.3. The minimum Gasteiger partial charge on any atom is -0.490 e. The first-order valence-corrected chi connectivity index (χ1v) is 14.3. The molecule has 1 N–H and O–H groups in total. The van der Waals surface area contributed by atoms with E-state index in [1.54, 1.807) is 31.2 Å². The van der Waals surface area contributed by atoms with E-state index in [2.05, 4.69) is 10.4 Å². The van der Waals surface area contributed by atoms with E-state index in [1.165, 1.54) is 23.0 Å². The number of carbonyl (C=O) groups excluding carboxylic acids is 1. The molecule has 1 amide bonds. The molecule has 0 aliphatic heterocycles. The average Bonchev–Trinajstić information content (AvgIpc) is 3.01. The van der Waals surface area contributed by atoms with E-state index in [9.17, 15) is 19.7 Å². The number of anilines is 1. The zero-order valence-electron chi connectivity index (χ0n) is 24.1. The number of fused-ring (bicyclic) bond motifs is 1. The zero-order valence-corrected chi connectivity index (χ0v) is 24.1. The van der Waals surface area contributed by atoms with Crippen molar-refractivity contribution >= 4 is 34.4 Å². The largest absolute Gasteiger partial charge is 0.490 e. The fourth-order valence-electron chi connectivity index (χ4n) is 5.20. The smallest absolute Gasteiger partial charge is 0.315 e. The summed E-state index contributed by atoms with van der Waals surface area (Å²) in [7, 11) is 0. The molecule has 0 unspecified atom stereocenters. The van der Waals surface area contributed by atoms with Crippen LogP contribution in [0.5, 0.6) is 11.5 Å². The number of nitro groups is 1. The van der Waals surface area contributed by atoms with Crippen LogP contribution in [0.15, 0.2) is 70.6 Å². The fraction of sp³-hybridized carbons (Fsp3) is 0.312. The molecule has 0 spiro atoms. The molecule has 0 atom stereocenters. The summed E-state index contributed by atoms with van der Waals surface area (Å²) in [4.78, 5) is 42.4. The van der Waals surface area contributed by atoms with E-state index in [1.807, 2.05) is 31.2 Å². The Balaban J connectivity index is 1.47. The highest BCUT2D eigenvalue weighted by molar-refractivity contribution is 5.92. The number of hydrogen-bond acceptors (Lipinski definition) is 8. The van der Waals surface area contributed by atoms with Gasteiger partial charge in [0.2, 0.25) is 5.75 Å². The molecule has 222 valence electrons. The Hall–Kier alpha value is -5.06. The molecule has 11 nitrogen and oxygen atoms in total. The summed E-state index contributed by atoms with van der Waals surface area (Å²) in [6, 6.07) is 17.2. The molecule has 0 saturated heterocycles. The fourth-order valence-corrected chi connectivity index (χ4v) is 5.20. The second kappa shape index (κ2) is 13.3. The molecule has 1 saturated carbocycles. The predicted octanol–water partition coefficient (Wildman–Crippen LogP) is 5.96. The maximum absolute atomic E-state index is 13.5. The van der Waals surface area contributed by atoms with Gasteiger partial charge in [0, 0.05) is 23.2 Å². The van der Waals surface area contributed by atoms with Gasteiger partial charge in [-0.25, -0.2) is 4.98 Å². The van der Waals surface area contributed by atoms with Crippen molar-refractivity contribution in [1.29, 1.82) is 0 Å². The van der Waals surface area contributed by atoms with E-state index in [0.29, 0.717) is 28.0 Å². The summed E-state index contributed by atoms with van der Waals surface area (Å²) >= 11 is 0. The molecule has 11 heteroatoms. The number of amides is 1. The van der Waals surface area contributed by atoms with Gasteiger partial charge in [-0.3, -0.25) is 19.7 Å². The van der Waals surface area contributed by atoms with Crippen molar-refractivity contribution in [3.05, 3.63) is 98.1 Å². The molecular weight excluding hydrogens is 550 g/mol. The molecule has 1 aliphatic rings. The van der Waals surface area contributed by atoms with Gasteiger partial charge in [0.1, 0.15) is 5.82 Å². The number of nitrogens with one attached hydrogen (secondary N) is 1. The van der Waals surface area contributed by atoms with Crippen molar-refractivity contribution < 1.29 is 19.2 Å². The van der Waals surface area contributed by atoms with Gasteiger partial charge in [0.05, 0.1) is 28.6 Å². The molecule has 43 heavy (non-hydrogen) atoms. The van der Waals surface area contributed by atoms with Crippen molar-refractivity contribution in [3.63, 3.8) is 0 Å². The van der Waals surface area contributed by atoms with E-state index >= 15 is 0 Å². The van der Waals surface area contributed by atoms with Crippen LogP contribution in [0.2, 0.25) is 0 Å². The highest BCUT2D eigenvalue weighted by Gasteiger charge is 2.25. The summed E-state index contributed by atoms with van der Waals surface area (Å²) in [5.41, 5.74) is 1.86. The Kier molecular flexibility index (Phi) is 9.09. The first kappa shape index (κ1) is 29.4. The molecule has 1 heterocycles. The van der Waals surface area contributed by atoms with Crippen LogP contribution in [-0.4, -0.2) is 39.9 Å². The van der Waals surface area contributed by atoms with E-state index < -0.39 is 23.1 Å². The Morgan fingerprint density at radius 2 is 1.86 bits per heavy atom. The quantitative estimate of drug-likeness (QED) is 0.138. The van der Waals surface area contributed by atoms with Gasteiger partial charge in [-0.05, 0) is 57.0 Å². The first-order chi connectivity index (χ1) is 20.8. The number of aromatic nitrogens is 2. The number of aryl methyl sites for hydroxylation is 1. The second-order valence-electron chi connectivity index (χ2n) is 10.4. The molecule has 5 rings (SSSR count). The molecule has 1 aliphatic carbocycles. The van der Waals surface area contributed by atoms with Gasteiger partial charge in [0.15, 0.2) is 12.4 Å². The number of nitrogens with zero attached hydrogens (tertiary/aromatic N) is 4. The second-order valence-corrected chi connectivity index (χ2v) is 10.4. The van der Waals surface area contributed by atoms with E-state index in [-0.39, 0.29) is 29.6 Å². The minimum absolute atomic E-state index is 0.0813. The van der Waals surface area contributed by atoms with Crippen LogP contribution in [0.4, 0.5) is 11.4 Å². The van der Waals surface area contributed by atoms with Crippen molar-refractivity contribution in [2.75, 3.05) is 18.5 Å². The highest BCUT2D eigenvalue weighted by Crippen LogP contribution is 2.38. The number of ether oxygens (including phenoxy) is 2. The summed E-state index contributed by atoms with van der Waals surface area (Å²) in [6.45, 7) is 3.40. The SMILES string of the molecule is CCOc1cc(C=Nn2c(C3CCCCC3)nc3ccccc3c2=O)cc([N+](=O)[O-])c1OCC(=O)Nc1ccc(C)cc1. The number of nitro benzene ring substituents is 1. The Morgan fingerprint density at radius 3 is 2.58 bits per heavy atom. The van der Waals surface area contributed by atoms with E-state index in [0.717, 1.165) is 37.7 Å². The van der Waals surface area contributed by atoms with Crippen LogP contribution in [0.3, 0.4) is 0 Å². The molecule has 4 aromatic rings. The molecule has 0 radical (unpaired) electrons. The number of hydrogen-bond donors (Lipinski definition) is 1. The monoisotopic (exact) mass is 583 g/mol. The Bertz CT molecular complexity index is 1730. The Morgan fingerprint density at radius 1 is 1.12 bits per heavy atom. The van der Waals surface area contributed by atoms with Gasteiger partial charge in [-0.1, -0.05) is 49.1 Å². The summed E-state index contributed by atoms with van der Waals surface area (Å²) in [5.74, 6) is 0.0926. The highest BCUT2D eigenvalue weighted by atomic mass is 16.6. The molecule has 1 fully saturated rings. The molecule has 0 bridgehead atoms. The van der Waals surface area contributed by atoms with Gasteiger partial charge < -0.3 is 14.8 Å². The lowest BCUT2D eigenvalue weighted by molar-refractivity contribution is -0.385. The third-order valence-electron chi connectivity index (χ3n) is 7.31. The third-order valence-corrected chi connectivity index (χ3v) is 7.31. The van der Waals surface area contributed by atoms with Crippen LogP contribution in [0, 0.1) is 17.0 Å². The summed E-state index contributed by atoms with van der Waals surface area (Å²) in [5, 5.41) is 19.7. The average molecular weight is 584 g/mol. The summed E-state index contributed by atoms with van der Waals surface area (Å²) in [6.07, 6.45) is 6.43. The maximum atomic E-state index is 13.5. The topological polar surface area (TPSA) is 138 Å². The van der Waals surface area contributed by atoms with Gasteiger partial charge >= 0.3 is 5.69 Å². The Labute approximate surface area is 248 Å². The number of para-hydroxylation sites is 1. The van der Waals surface area contributed by atoms with Crippen molar-refractivity contribution in [2.24, 2.45) is 5.10 Å². The van der Waals surface area contributed by atoms with Crippen molar-refractivity contribution in [2.45, 2.75) is 51.9 Å². The number of carbonyl (C=O) groups is 1. The van der Waals surface area contributed by atoms with Crippen molar-refractivity contribution in [1.82, 2.24) is 9.66 Å². The van der Waals surface area contributed by atoms with Crippen LogP contribution in [0.25, 0.3) is 10.9 Å². The van der Waals surface area contributed by atoms with Gasteiger partial charge in [-0.2, -0.15) is 9.78 Å². The maximum Gasteiger partial charge on any atom is 0.315 e. The number of rotatable bonds is 10. The van der Waals surface area contributed by atoms with Crippen LogP contribution < -0.4 is 20.3 Å². The molecular formula is C32H33N5O6. The molecule has 1 aromatic heterocycles. The number of benzene rings is 3.